The van der Waals surface area contributed by atoms with Gasteiger partial charge in [-0.1, -0.05) is 91.0 Å². The molecular formula is C41H58O12. The largest absolute Gasteiger partial charge is 0.463 e. The lowest BCUT2D eigenvalue weighted by Gasteiger charge is -2.36. The lowest BCUT2D eigenvalue weighted by molar-refractivity contribution is -0.142. The SMILES string of the molecule is CC(=O)OCCOCCOCCOCCOCCOCCOCCOCCOCCOCCOC(c1ccccc1)(c1ccccc1)c1ccccc1. The van der Waals surface area contributed by atoms with Gasteiger partial charge in [0.15, 0.2) is 0 Å². The Bertz CT molecular complexity index is 1170. The average Bonchev–Trinajstić information content (AvgIpc) is 3.19. The maximum absolute atomic E-state index is 10.6. The van der Waals surface area contributed by atoms with Crippen molar-refractivity contribution >= 4 is 5.97 Å². The summed E-state index contributed by atoms with van der Waals surface area (Å²) in [4.78, 5) is 10.6. The molecule has 12 nitrogen and oxygen atoms in total. The van der Waals surface area contributed by atoms with Gasteiger partial charge in [-0.25, -0.2) is 0 Å². The van der Waals surface area contributed by atoms with Gasteiger partial charge in [-0.05, 0) is 16.7 Å². The average molecular weight is 743 g/mol. The van der Waals surface area contributed by atoms with E-state index in [9.17, 15) is 4.79 Å². The van der Waals surface area contributed by atoms with Gasteiger partial charge in [0.2, 0.25) is 0 Å². The summed E-state index contributed by atoms with van der Waals surface area (Å²) in [6.45, 7) is 10.5. The summed E-state index contributed by atoms with van der Waals surface area (Å²) in [5.74, 6) is -0.312. The van der Waals surface area contributed by atoms with Crippen molar-refractivity contribution in [1.29, 1.82) is 0 Å². The molecule has 0 fully saturated rings. The monoisotopic (exact) mass is 742 g/mol. The van der Waals surface area contributed by atoms with Gasteiger partial charge in [0.05, 0.1) is 126 Å². The molecule has 0 aliphatic rings. The molecule has 3 aromatic carbocycles. The fourth-order valence-corrected chi connectivity index (χ4v) is 5.13. The molecule has 3 rings (SSSR count). The van der Waals surface area contributed by atoms with Gasteiger partial charge in [-0.3, -0.25) is 4.79 Å². The lowest BCUT2D eigenvalue weighted by Crippen LogP contribution is -2.34. The maximum Gasteiger partial charge on any atom is 0.302 e. The Balaban J connectivity index is 1.08. The van der Waals surface area contributed by atoms with Crippen LogP contribution in [0.3, 0.4) is 0 Å². The van der Waals surface area contributed by atoms with Gasteiger partial charge in [0.25, 0.3) is 0 Å². The summed E-state index contributed by atoms with van der Waals surface area (Å²) in [5.41, 5.74) is 2.44. The molecule has 0 radical (unpaired) electrons. The molecule has 0 aliphatic carbocycles. The molecule has 0 saturated carbocycles. The molecule has 0 amide bonds. The smallest absolute Gasteiger partial charge is 0.302 e. The molecule has 0 aromatic heterocycles. The molecule has 0 aliphatic heterocycles. The zero-order valence-electron chi connectivity index (χ0n) is 31.2. The lowest BCUT2D eigenvalue weighted by atomic mass is 9.80. The van der Waals surface area contributed by atoms with E-state index in [2.05, 4.69) is 36.4 Å². The zero-order valence-corrected chi connectivity index (χ0v) is 31.2. The second-order valence-corrected chi connectivity index (χ2v) is 11.5. The molecular weight excluding hydrogens is 684 g/mol. The normalized spacial score (nSPS) is 11.6. The Labute approximate surface area is 314 Å². The molecule has 3 aromatic rings. The van der Waals surface area contributed by atoms with Gasteiger partial charge in [-0.15, -0.1) is 0 Å². The molecule has 294 valence electrons. The molecule has 0 bridgehead atoms. The minimum absolute atomic E-state index is 0.255. The maximum atomic E-state index is 10.6. The number of hydrogen-bond acceptors (Lipinski definition) is 12. The standard InChI is InChI=1S/C41H58O12/c1-37(42)52-35-33-50-31-29-48-27-25-46-23-21-44-19-17-43-18-20-45-22-24-47-26-28-49-30-32-51-34-36-53-41(38-11-5-2-6-12-38,39-13-7-3-8-14-39)40-15-9-4-10-16-40/h2-16H,17-36H2,1H3. The van der Waals surface area contributed by atoms with Gasteiger partial charge < -0.3 is 52.1 Å². The Morgan fingerprint density at radius 3 is 0.830 bits per heavy atom. The van der Waals surface area contributed by atoms with Crippen molar-refractivity contribution in [1.82, 2.24) is 0 Å². The Morgan fingerprint density at radius 1 is 0.358 bits per heavy atom. The van der Waals surface area contributed by atoms with Gasteiger partial charge in [-0.2, -0.15) is 0 Å². The van der Waals surface area contributed by atoms with Crippen LogP contribution in [0, 0.1) is 0 Å². The molecule has 0 saturated heterocycles. The van der Waals surface area contributed by atoms with Crippen LogP contribution in [-0.2, 0) is 62.5 Å². The molecule has 0 unspecified atom stereocenters. The molecule has 0 N–H and O–H groups in total. The minimum Gasteiger partial charge on any atom is -0.463 e. The van der Waals surface area contributed by atoms with E-state index in [1.165, 1.54) is 6.92 Å². The Kier molecular flexibility index (Phi) is 25.1. The predicted molar refractivity (Wildman–Crippen MR) is 199 cm³/mol. The quantitative estimate of drug-likeness (QED) is 0.0480. The Morgan fingerprint density at radius 2 is 0.585 bits per heavy atom. The van der Waals surface area contributed by atoms with Crippen LogP contribution in [0.1, 0.15) is 23.6 Å². The summed E-state index contributed by atoms with van der Waals surface area (Å²) in [5, 5.41) is 0. The van der Waals surface area contributed by atoms with Crippen LogP contribution in [-0.4, -0.2) is 138 Å². The third kappa shape index (κ3) is 19.6. The number of benzene rings is 3. The van der Waals surface area contributed by atoms with Crippen LogP contribution in [0.2, 0.25) is 0 Å². The van der Waals surface area contributed by atoms with Crippen molar-refractivity contribution in [2.24, 2.45) is 0 Å². The van der Waals surface area contributed by atoms with E-state index in [1.807, 2.05) is 54.6 Å². The molecule has 12 heteroatoms. The van der Waals surface area contributed by atoms with Crippen LogP contribution in [0.15, 0.2) is 91.0 Å². The van der Waals surface area contributed by atoms with Crippen molar-refractivity contribution in [2.75, 3.05) is 132 Å². The highest BCUT2D eigenvalue weighted by Gasteiger charge is 2.37. The number of rotatable bonds is 34. The predicted octanol–water partition coefficient (Wildman–Crippen LogP) is 4.71. The van der Waals surface area contributed by atoms with Crippen molar-refractivity contribution in [3.8, 4) is 0 Å². The first-order valence-corrected chi connectivity index (χ1v) is 18.4. The van der Waals surface area contributed by atoms with E-state index >= 15 is 0 Å². The van der Waals surface area contributed by atoms with E-state index < -0.39 is 5.60 Å². The first-order chi connectivity index (χ1) is 26.2. The second kappa shape index (κ2) is 30.1. The Hall–Kier alpha value is -3.27. The van der Waals surface area contributed by atoms with E-state index in [-0.39, 0.29) is 12.6 Å². The third-order valence-corrected chi connectivity index (χ3v) is 7.60. The minimum atomic E-state index is -0.754. The van der Waals surface area contributed by atoms with E-state index in [0.29, 0.717) is 126 Å². The first-order valence-electron chi connectivity index (χ1n) is 18.4. The fourth-order valence-electron chi connectivity index (χ4n) is 5.13. The van der Waals surface area contributed by atoms with Crippen molar-refractivity contribution in [3.63, 3.8) is 0 Å². The van der Waals surface area contributed by atoms with Crippen LogP contribution < -0.4 is 0 Å². The van der Waals surface area contributed by atoms with Crippen molar-refractivity contribution in [2.45, 2.75) is 12.5 Å². The summed E-state index contributed by atoms with van der Waals surface area (Å²) in [6, 6.07) is 30.9. The number of hydrogen-bond donors (Lipinski definition) is 0. The second-order valence-electron chi connectivity index (χ2n) is 11.5. The van der Waals surface area contributed by atoms with Crippen LogP contribution in [0.5, 0.6) is 0 Å². The highest BCUT2D eigenvalue weighted by atomic mass is 16.6. The fraction of sp³-hybridized carbons (Fsp3) is 0.537. The zero-order chi connectivity index (χ0) is 37.3. The van der Waals surface area contributed by atoms with E-state index in [1.54, 1.807) is 0 Å². The summed E-state index contributed by atoms with van der Waals surface area (Å²) < 4.78 is 61.2. The number of ether oxygens (including phenoxy) is 11. The summed E-state index contributed by atoms with van der Waals surface area (Å²) >= 11 is 0. The third-order valence-electron chi connectivity index (χ3n) is 7.60. The number of carbonyl (C=O) groups excluding carboxylic acids is 1. The topological polar surface area (TPSA) is 119 Å². The first kappa shape index (κ1) is 44.1. The van der Waals surface area contributed by atoms with E-state index in [0.717, 1.165) is 16.7 Å². The molecule has 0 atom stereocenters. The van der Waals surface area contributed by atoms with Crippen molar-refractivity contribution in [3.05, 3.63) is 108 Å². The van der Waals surface area contributed by atoms with Gasteiger partial charge in [0.1, 0.15) is 12.2 Å². The van der Waals surface area contributed by atoms with Gasteiger partial charge >= 0.3 is 5.97 Å². The molecule has 53 heavy (non-hydrogen) atoms. The highest BCUT2D eigenvalue weighted by Crippen LogP contribution is 2.40. The van der Waals surface area contributed by atoms with Crippen LogP contribution in [0.25, 0.3) is 0 Å². The van der Waals surface area contributed by atoms with Crippen molar-refractivity contribution < 1.29 is 56.9 Å². The summed E-state index contributed by atoms with van der Waals surface area (Å²) in [7, 11) is 0. The van der Waals surface area contributed by atoms with Crippen LogP contribution >= 0.6 is 0 Å². The number of esters is 1. The van der Waals surface area contributed by atoms with Crippen LogP contribution in [0.4, 0.5) is 0 Å². The van der Waals surface area contributed by atoms with E-state index in [4.69, 9.17) is 52.1 Å². The van der Waals surface area contributed by atoms with Gasteiger partial charge in [0, 0.05) is 6.92 Å². The highest BCUT2D eigenvalue weighted by molar-refractivity contribution is 5.65. The number of carbonyl (C=O) groups is 1. The summed E-state index contributed by atoms with van der Waals surface area (Å²) in [6.07, 6.45) is 0. The molecule has 0 heterocycles. The molecule has 0 spiro atoms.